The first-order valence-electron chi connectivity index (χ1n) is 5.44. The van der Waals surface area contributed by atoms with Gasteiger partial charge in [0.1, 0.15) is 0 Å². The molecule has 1 aromatic carbocycles. The van der Waals surface area contributed by atoms with Crippen LogP contribution in [0.25, 0.3) is 0 Å². The molecule has 15 heavy (non-hydrogen) atoms. The standard InChI is InChI=1S/C12H17ClN2/c1-10-2-3-11(12(13)8-10)9-15-6-4-14-5-7-15/h2-3,8,14H,4-7,9H2,1H3. The third kappa shape index (κ3) is 2.94. The zero-order valence-corrected chi connectivity index (χ0v) is 9.85. The van der Waals surface area contributed by atoms with E-state index in [-0.39, 0.29) is 0 Å². The summed E-state index contributed by atoms with van der Waals surface area (Å²) in [7, 11) is 0. The number of benzene rings is 1. The van der Waals surface area contributed by atoms with Crippen LogP contribution in [-0.4, -0.2) is 31.1 Å². The van der Waals surface area contributed by atoms with Gasteiger partial charge in [0, 0.05) is 37.7 Å². The van der Waals surface area contributed by atoms with Gasteiger partial charge in [-0.3, -0.25) is 4.90 Å². The molecule has 0 aromatic heterocycles. The summed E-state index contributed by atoms with van der Waals surface area (Å²) in [5.41, 5.74) is 2.47. The Kier molecular flexibility index (Phi) is 3.62. The first-order valence-corrected chi connectivity index (χ1v) is 5.81. The number of hydrogen-bond donors (Lipinski definition) is 1. The second kappa shape index (κ2) is 4.97. The SMILES string of the molecule is Cc1ccc(CN2CCNCC2)c(Cl)c1. The van der Waals surface area contributed by atoms with Gasteiger partial charge < -0.3 is 5.32 Å². The molecule has 0 bridgehead atoms. The largest absolute Gasteiger partial charge is 0.314 e. The molecule has 0 amide bonds. The molecule has 1 N–H and O–H groups in total. The third-order valence-electron chi connectivity index (χ3n) is 2.81. The van der Waals surface area contributed by atoms with Gasteiger partial charge in [-0.25, -0.2) is 0 Å². The lowest BCUT2D eigenvalue weighted by Gasteiger charge is -2.27. The van der Waals surface area contributed by atoms with Gasteiger partial charge >= 0.3 is 0 Å². The lowest BCUT2D eigenvalue weighted by atomic mass is 10.1. The molecule has 1 aromatic rings. The van der Waals surface area contributed by atoms with E-state index >= 15 is 0 Å². The topological polar surface area (TPSA) is 15.3 Å². The second-order valence-electron chi connectivity index (χ2n) is 4.12. The molecule has 1 aliphatic rings. The van der Waals surface area contributed by atoms with Crippen molar-refractivity contribution in [3.63, 3.8) is 0 Å². The van der Waals surface area contributed by atoms with Crippen molar-refractivity contribution in [2.24, 2.45) is 0 Å². The van der Waals surface area contributed by atoms with Gasteiger partial charge in [-0.2, -0.15) is 0 Å². The monoisotopic (exact) mass is 224 g/mol. The molecule has 1 fully saturated rings. The van der Waals surface area contributed by atoms with Gasteiger partial charge in [0.15, 0.2) is 0 Å². The fourth-order valence-corrected chi connectivity index (χ4v) is 2.19. The van der Waals surface area contributed by atoms with Crippen molar-refractivity contribution in [3.8, 4) is 0 Å². The van der Waals surface area contributed by atoms with Crippen molar-refractivity contribution in [2.45, 2.75) is 13.5 Å². The summed E-state index contributed by atoms with van der Waals surface area (Å²) in [5.74, 6) is 0. The Bertz CT molecular complexity index is 332. The summed E-state index contributed by atoms with van der Waals surface area (Å²) in [6.45, 7) is 7.45. The first kappa shape index (κ1) is 10.9. The number of nitrogens with one attached hydrogen (secondary N) is 1. The maximum absolute atomic E-state index is 6.21. The van der Waals surface area contributed by atoms with Crippen molar-refractivity contribution in [3.05, 3.63) is 34.3 Å². The lowest BCUT2D eigenvalue weighted by Crippen LogP contribution is -2.42. The smallest absolute Gasteiger partial charge is 0.0453 e. The van der Waals surface area contributed by atoms with Crippen molar-refractivity contribution in [2.75, 3.05) is 26.2 Å². The van der Waals surface area contributed by atoms with Gasteiger partial charge in [0.05, 0.1) is 0 Å². The molecule has 0 radical (unpaired) electrons. The Balaban J connectivity index is 2.03. The zero-order chi connectivity index (χ0) is 10.7. The normalized spacial score (nSPS) is 18.0. The van der Waals surface area contributed by atoms with Gasteiger partial charge in [-0.1, -0.05) is 23.7 Å². The van der Waals surface area contributed by atoms with Crippen LogP contribution in [0.15, 0.2) is 18.2 Å². The molecule has 2 rings (SSSR count). The van der Waals surface area contributed by atoms with Gasteiger partial charge in [-0.15, -0.1) is 0 Å². The molecule has 0 unspecified atom stereocenters. The fourth-order valence-electron chi connectivity index (χ4n) is 1.89. The lowest BCUT2D eigenvalue weighted by molar-refractivity contribution is 0.233. The molecule has 0 atom stereocenters. The van der Waals surface area contributed by atoms with E-state index in [1.165, 1.54) is 11.1 Å². The minimum Gasteiger partial charge on any atom is -0.314 e. The van der Waals surface area contributed by atoms with Gasteiger partial charge in [-0.05, 0) is 24.1 Å². The van der Waals surface area contributed by atoms with Crippen LogP contribution in [0.4, 0.5) is 0 Å². The van der Waals surface area contributed by atoms with E-state index in [9.17, 15) is 0 Å². The molecule has 0 saturated carbocycles. The molecular formula is C12H17ClN2. The number of aryl methyl sites for hydroxylation is 1. The third-order valence-corrected chi connectivity index (χ3v) is 3.16. The summed E-state index contributed by atoms with van der Waals surface area (Å²) in [5, 5.41) is 4.25. The molecule has 0 aliphatic carbocycles. The van der Waals surface area contributed by atoms with Crippen LogP contribution < -0.4 is 5.32 Å². The highest BCUT2D eigenvalue weighted by atomic mass is 35.5. The van der Waals surface area contributed by atoms with Crippen molar-refractivity contribution in [1.29, 1.82) is 0 Å². The van der Waals surface area contributed by atoms with Crippen molar-refractivity contribution < 1.29 is 0 Å². The highest BCUT2D eigenvalue weighted by Crippen LogP contribution is 2.19. The first-order chi connectivity index (χ1) is 7.25. The van der Waals surface area contributed by atoms with Crippen LogP contribution in [0.3, 0.4) is 0 Å². The fraction of sp³-hybridized carbons (Fsp3) is 0.500. The van der Waals surface area contributed by atoms with E-state index in [4.69, 9.17) is 11.6 Å². The molecule has 82 valence electrons. The number of piperazine rings is 1. The molecule has 3 heteroatoms. The minimum atomic E-state index is 0.897. The Hall–Kier alpha value is -0.570. The van der Waals surface area contributed by atoms with Crippen LogP contribution in [0.2, 0.25) is 5.02 Å². The molecule has 1 heterocycles. The predicted octanol–water partition coefficient (Wildman–Crippen LogP) is 2.05. The van der Waals surface area contributed by atoms with Crippen LogP contribution in [-0.2, 0) is 6.54 Å². The van der Waals surface area contributed by atoms with E-state index in [1.807, 2.05) is 6.07 Å². The Morgan fingerprint density at radius 3 is 2.73 bits per heavy atom. The Morgan fingerprint density at radius 2 is 2.07 bits per heavy atom. The van der Waals surface area contributed by atoms with Crippen LogP contribution >= 0.6 is 11.6 Å². The summed E-state index contributed by atoms with van der Waals surface area (Å²) < 4.78 is 0. The highest BCUT2D eigenvalue weighted by Gasteiger charge is 2.11. The van der Waals surface area contributed by atoms with Crippen LogP contribution in [0.5, 0.6) is 0 Å². The van der Waals surface area contributed by atoms with E-state index < -0.39 is 0 Å². The highest BCUT2D eigenvalue weighted by molar-refractivity contribution is 6.31. The summed E-state index contributed by atoms with van der Waals surface area (Å²) in [6, 6.07) is 6.31. The van der Waals surface area contributed by atoms with Crippen LogP contribution in [0, 0.1) is 6.92 Å². The number of rotatable bonds is 2. The molecule has 2 nitrogen and oxygen atoms in total. The van der Waals surface area contributed by atoms with E-state index in [1.54, 1.807) is 0 Å². The zero-order valence-electron chi connectivity index (χ0n) is 9.09. The quantitative estimate of drug-likeness (QED) is 0.828. The van der Waals surface area contributed by atoms with E-state index in [0.29, 0.717) is 0 Å². The maximum atomic E-state index is 6.21. The summed E-state index contributed by atoms with van der Waals surface area (Å²) in [6.07, 6.45) is 0. The van der Waals surface area contributed by atoms with E-state index in [2.05, 4.69) is 29.3 Å². The van der Waals surface area contributed by atoms with Crippen molar-refractivity contribution >= 4 is 11.6 Å². The number of hydrogen-bond acceptors (Lipinski definition) is 2. The molecule has 1 aliphatic heterocycles. The van der Waals surface area contributed by atoms with Crippen molar-refractivity contribution in [1.82, 2.24) is 10.2 Å². The second-order valence-corrected chi connectivity index (χ2v) is 4.53. The number of halogens is 1. The van der Waals surface area contributed by atoms with Crippen LogP contribution in [0.1, 0.15) is 11.1 Å². The molecule has 1 saturated heterocycles. The summed E-state index contributed by atoms with van der Waals surface area (Å²) >= 11 is 6.21. The Labute approximate surface area is 96.2 Å². The molecule has 0 spiro atoms. The maximum Gasteiger partial charge on any atom is 0.0453 e. The average molecular weight is 225 g/mol. The number of nitrogens with zero attached hydrogens (tertiary/aromatic N) is 1. The Morgan fingerprint density at radius 1 is 1.33 bits per heavy atom. The average Bonchev–Trinajstić information content (AvgIpc) is 2.24. The minimum absolute atomic E-state index is 0.897. The van der Waals surface area contributed by atoms with Gasteiger partial charge in [0.25, 0.3) is 0 Å². The summed E-state index contributed by atoms with van der Waals surface area (Å²) in [4.78, 5) is 2.44. The van der Waals surface area contributed by atoms with Gasteiger partial charge in [0.2, 0.25) is 0 Å². The molecular weight excluding hydrogens is 208 g/mol. The predicted molar refractivity (Wildman–Crippen MR) is 64.3 cm³/mol. The van der Waals surface area contributed by atoms with E-state index in [0.717, 1.165) is 37.7 Å².